The fourth-order valence-corrected chi connectivity index (χ4v) is 3.06. The van der Waals surface area contributed by atoms with E-state index in [1.165, 1.54) is 16.3 Å². The van der Waals surface area contributed by atoms with E-state index in [0.717, 1.165) is 13.0 Å². The highest BCUT2D eigenvalue weighted by Gasteiger charge is 2.24. The van der Waals surface area contributed by atoms with Gasteiger partial charge >= 0.3 is 0 Å². The topological polar surface area (TPSA) is 12.0 Å². The monoisotopic (exact) mass is 225 g/mol. The van der Waals surface area contributed by atoms with E-state index in [-0.39, 0.29) is 0 Å². The minimum Gasteiger partial charge on any atom is -0.309 e. The SMILES string of the molecule is CCC1NCC(C)c2c1ccc1ccccc21. The Balaban J connectivity index is 2.29. The molecule has 17 heavy (non-hydrogen) atoms. The van der Waals surface area contributed by atoms with Gasteiger partial charge in [0, 0.05) is 12.6 Å². The lowest BCUT2D eigenvalue weighted by atomic mass is 9.83. The maximum absolute atomic E-state index is 3.64. The zero-order chi connectivity index (χ0) is 11.8. The fourth-order valence-electron chi connectivity index (χ4n) is 3.06. The number of rotatable bonds is 1. The Bertz CT molecular complexity index is 544. The second-order valence-corrected chi connectivity index (χ2v) is 5.06. The Morgan fingerprint density at radius 3 is 2.82 bits per heavy atom. The van der Waals surface area contributed by atoms with Crippen molar-refractivity contribution in [2.24, 2.45) is 0 Å². The summed E-state index contributed by atoms with van der Waals surface area (Å²) >= 11 is 0. The lowest BCUT2D eigenvalue weighted by Gasteiger charge is -2.31. The first-order chi connectivity index (χ1) is 8.31. The molecule has 1 heteroatoms. The lowest BCUT2D eigenvalue weighted by molar-refractivity contribution is 0.460. The number of nitrogens with one attached hydrogen (secondary N) is 1. The lowest BCUT2D eigenvalue weighted by Crippen LogP contribution is -2.31. The molecule has 0 saturated heterocycles. The molecular weight excluding hydrogens is 206 g/mol. The predicted octanol–water partition coefficient (Wildman–Crippen LogP) is 4.00. The van der Waals surface area contributed by atoms with E-state index >= 15 is 0 Å². The summed E-state index contributed by atoms with van der Waals surface area (Å²) in [5.41, 5.74) is 3.07. The maximum atomic E-state index is 3.64. The van der Waals surface area contributed by atoms with Crippen LogP contribution in [0.25, 0.3) is 10.8 Å². The standard InChI is InChI=1S/C16H19N/c1-3-15-14-9-8-12-6-4-5-7-13(12)16(14)11(2)10-17-15/h4-9,11,15,17H,3,10H2,1-2H3. The Labute approximate surface area is 103 Å². The average molecular weight is 225 g/mol. The summed E-state index contributed by atoms with van der Waals surface area (Å²) in [5.74, 6) is 0.610. The van der Waals surface area contributed by atoms with Crippen LogP contribution in [0.4, 0.5) is 0 Å². The highest BCUT2D eigenvalue weighted by Crippen LogP contribution is 2.36. The van der Waals surface area contributed by atoms with Crippen LogP contribution in [-0.2, 0) is 0 Å². The number of benzene rings is 2. The second-order valence-electron chi connectivity index (χ2n) is 5.06. The van der Waals surface area contributed by atoms with Crippen molar-refractivity contribution < 1.29 is 0 Å². The third-order valence-electron chi connectivity index (χ3n) is 3.95. The normalized spacial score (nSPS) is 23.6. The van der Waals surface area contributed by atoms with Gasteiger partial charge in [0.05, 0.1) is 0 Å². The van der Waals surface area contributed by atoms with Crippen LogP contribution < -0.4 is 5.32 Å². The summed E-state index contributed by atoms with van der Waals surface area (Å²) < 4.78 is 0. The zero-order valence-corrected chi connectivity index (χ0v) is 10.5. The molecule has 0 fully saturated rings. The van der Waals surface area contributed by atoms with Crippen LogP contribution in [0.2, 0.25) is 0 Å². The van der Waals surface area contributed by atoms with Gasteiger partial charge in [-0.2, -0.15) is 0 Å². The third-order valence-corrected chi connectivity index (χ3v) is 3.95. The van der Waals surface area contributed by atoms with E-state index in [1.807, 2.05) is 0 Å². The second kappa shape index (κ2) is 4.15. The van der Waals surface area contributed by atoms with Crippen molar-refractivity contribution in [1.82, 2.24) is 5.32 Å². The van der Waals surface area contributed by atoms with Crippen molar-refractivity contribution in [2.45, 2.75) is 32.2 Å². The molecule has 0 saturated carbocycles. The molecule has 1 aliphatic heterocycles. The zero-order valence-electron chi connectivity index (χ0n) is 10.5. The largest absolute Gasteiger partial charge is 0.309 e. The highest BCUT2D eigenvalue weighted by molar-refractivity contribution is 5.87. The molecule has 1 N–H and O–H groups in total. The van der Waals surface area contributed by atoms with Gasteiger partial charge in [-0.3, -0.25) is 0 Å². The summed E-state index contributed by atoms with van der Waals surface area (Å²) in [7, 11) is 0. The van der Waals surface area contributed by atoms with Crippen molar-refractivity contribution in [1.29, 1.82) is 0 Å². The quantitative estimate of drug-likeness (QED) is 0.773. The minimum absolute atomic E-state index is 0.533. The molecule has 3 rings (SSSR count). The van der Waals surface area contributed by atoms with Gasteiger partial charge in [0.1, 0.15) is 0 Å². The summed E-state index contributed by atoms with van der Waals surface area (Å²) in [5, 5.41) is 6.45. The van der Waals surface area contributed by atoms with Crippen molar-refractivity contribution in [2.75, 3.05) is 6.54 Å². The first-order valence-corrected chi connectivity index (χ1v) is 6.56. The van der Waals surface area contributed by atoms with Gasteiger partial charge in [-0.05, 0) is 34.2 Å². The van der Waals surface area contributed by atoms with Crippen LogP contribution in [0.3, 0.4) is 0 Å². The molecule has 0 bridgehead atoms. The average Bonchev–Trinajstić information content (AvgIpc) is 2.39. The van der Waals surface area contributed by atoms with Crippen LogP contribution in [-0.4, -0.2) is 6.54 Å². The Morgan fingerprint density at radius 1 is 1.18 bits per heavy atom. The van der Waals surface area contributed by atoms with E-state index in [1.54, 1.807) is 5.56 Å². The van der Waals surface area contributed by atoms with E-state index in [2.05, 4.69) is 55.6 Å². The molecule has 0 aliphatic carbocycles. The molecule has 1 aliphatic rings. The maximum Gasteiger partial charge on any atom is 0.0320 e. The highest BCUT2D eigenvalue weighted by atomic mass is 14.9. The van der Waals surface area contributed by atoms with Gasteiger partial charge in [-0.15, -0.1) is 0 Å². The van der Waals surface area contributed by atoms with Crippen LogP contribution in [0.15, 0.2) is 36.4 Å². The van der Waals surface area contributed by atoms with Crippen molar-refractivity contribution >= 4 is 10.8 Å². The summed E-state index contributed by atoms with van der Waals surface area (Å²) in [4.78, 5) is 0. The fraction of sp³-hybridized carbons (Fsp3) is 0.375. The van der Waals surface area contributed by atoms with Crippen molar-refractivity contribution in [3.05, 3.63) is 47.5 Å². The van der Waals surface area contributed by atoms with Gasteiger partial charge in [0.15, 0.2) is 0 Å². The molecule has 0 radical (unpaired) electrons. The number of hydrogen-bond acceptors (Lipinski definition) is 1. The van der Waals surface area contributed by atoms with Crippen LogP contribution in [0.5, 0.6) is 0 Å². The van der Waals surface area contributed by atoms with Crippen LogP contribution >= 0.6 is 0 Å². The summed E-state index contributed by atoms with van der Waals surface area (Å²) in [6, 6.07) is 13.9. The van der Waals surface area contributed by atoms with E-state index in [9.17, 15) is 0 Å². The van der Waals surface area contributed by atoms with Gasteiger partial charge in [0.25, 0.3) is 0 Å². The molecule has 0 amide bonds. The predicted molar refractivity (Wildman–Crippen MR) is 73.4 cm³/mol. The molecule has 0 aromatic heterocycles. The molecule has 88 valence electrons. The molecule has 0 spiro atoms. The Hall–Kier alpha value is -1.34. The van der Waals surface area contributed by atoms with E-state index < -0.39 is 0 Å². The van der Waals surface area contributed by atoms with Crippen LogP contribution in [0.1, 0.15) is 43.4 Å². The molecular formula is C16H19N. The number of fused-ring (bicyclic) bond motifs is 3. The Morgan fingerprint density at radius 2 is 2.00 bits per heavy atom. The van der Waals surface area contributed by atoms with Crippen molar-refractivity contribution in [3.63, 3.8) is 0 Å². The Kier molecular flexibility index (Phi) is 2.64. The molecule has 2 atom stereocenters. The summed E-state index contributed by atoms with van der Waals surface area (Å²) in [6.45, 7) is 5.68. The number of hydrogen-bond donors (Lipinski definition) is 1. The molecule has 2 aromatic rings. The van der Waals surface area contributed by atoms with Gasteiger partial charge in [-0.25, -0.2) is 0 Å². The first-order valence-electron chi connectivity index (χ1n) is 6.56. The third kappa shape index (κ3) is 1.66. The summed E-state index contributed by atoms with van der Waals surface area (Å²) in [6.07, 6.45) is 1.16. The van der Waals surface area contributed by atoms with Crippen molar-refractivity contribution in [3.8, 4) is 0 Å². The van der Waals surface area contributed by atoms with Gasteiger partial charge in [-0.1, -0.05) is 50.2 Å². The van der Waals surface area contributed by atoms with Gasteiger partial charge < -0.3 is 5.32 Å². The minimum atomic E-state index is 0.533. The molecule has 2 unspecified atom stereocenters. The smallest absolute Gasteiger partial charge is 0.0320 e. The molecule has 1 heterocycles. The van der Waals surface area contributed by atoms with E-state index in [0.29, 0.717) is 12.0 Å². The first kappa shape index (κ1) is 10.8. The van der Waals surface area contributed by atoms with Crippen LogP contribution in [0, 0.1) is 0 Å². The van der Waals surface area contributed by atoms with E-state index in [4.69, 9.17) is 0 Å². The van der Waals surface area contributed by atoms with Gasteiger partial charge in [0.2, 0.25) is 0 Å². The molecule has 1 nitrogen and oxygen atoms in total. The molecule has 2 aromatic carbocycles.